The first-order chi connectivity index (χ1) is 9.04. The van der Waals surface area contributed by atoms with Gasteiger partial charge < -0.3 is 10.4 Å². The monoisotopic (exact) mass is 329 g/mol. The molecule has 0 radical (unpaired) electrons. The van der Waals surface area contributed by atoms with Gasteiger partial charge in [0.25, 0.3) is 5.91 Å². The van der Waals surface area contributed by atoms with Crippen molar-refractivity contribution in [2.75, 3.05) is 13.2 Å². The second kappa shape index (κ2) is 6.01. The van der Waals surface area contributed by atoms with E-state index in [-0.39, 0.29) is 23.5 Å². The lowest BCUT2D eigenvalue weighted by molar-refractivity contribution is 0.0880. The lowest BCUT2D eigenvalue weighted by atomic mass is 9.87. The van der Waals surface area contributed by atoms with Gasteiger partial charge in [0, 0.05) is 22.0 Å². The van der Waals surface area contributed by atoms with Crippen LogP contribution in [0.2, 0.25) is 0 Å². The Kier molecular flexibility index (Phi) is 4.58. The number of halogens is 2. The number of nitrogens with one attached hydrogen (secondary N) is 1. The standard InChI is InChI=1S/C14H17BrFNO2/c15-11-5-10(6-12(16)7-11)13(19)17-8-14(9-18)3-1-2-4-14/h5-7,18H,1-4,8-9H2,(H,17,19). The molecule has 1 aromatic carbocycles. The number of carbonyl (C=O) groups excluding carboxylic acids is 1. The van der Waals surface area contributed by atoms with E-state index >= 15 is 0 Å². The molecule has 0 bridgehead atoms. The summed E-state index contributed by atoms with van der Waals surface area (Å²) in [5.74, 6) is -0.753. The lowest BCUT2D eigenvalue weighted by Crippen LogP contribution is -2.38. The van der Waals surface area contributed by atoms with Crippen LogP contribution in [-0.4, -0.2) is 24.2 Å². The molecule has 104 valence electrons. The summed E-state index contributed by atoms with van der Waals surface area (Å²) in [5.41, 5.74) is 0.0956. The van der Waals surface area contributed by atoms with E-state index < -0.39 is 5.82 Å². The maximum atomic E-state index is 13.2. The first-order valence-corrected chi connectivity index (χ1v) is 7.19. The van der Waals surface area contributed by atoms with Gasteiger partial charge in [-0.25, -0.2) is 4.39 Å². The maximum Gasteiger partial charge on any atom is 0.251 e. The third-order valence-corrected chi connectivity index (χ3v) is 4.21. The third-order valence-electron chi connectivity index (χ3n) is 3.75. The van der Waals surface area contributed by atoms with Crippen molar-refractivity contribution in [3.05, 3.63) is 34.1 Å². The number of hydrogen-bond acceptors (Lipinski definition) is 2. The van der Waals surface area contributed by atoms with Gasteiger partial charge in [-0.3, -0.25) is 4.79 Å². The number of aliphatic hydroxyl groups is 1. The Morgan fingerprint density at radius 1 is 1.37 bits per heavy atom. The quantitative estimate of drug-likeness (QED) is 0.892. The van der Waals surface area contributed by atoms with Crippen LogP contribution >= 0.6 is 15.9 Å². The topological polar surface area (TPSA) is 49.3 Å². The van der Waals surface area contributed by atoms with Crippen molar-refractivity contribution in [1.29, 1.82) is 0 Å². The van der Waals surface area contributed by atoms with E-state index in [0.717, 1.165) is 25.7 Å². The molecular formula is C14H17BrFNO2. The maximum absolute atomic E-state index is 13.2. The molecule has 1 aliphatic rings. The molecule has 1 amide bonds. The second-order valence-corrected chi connectivity index (χ2v) is 6.12. The first-order valence-electron chi connectivity index (χ1n) is 6.40. The van der Waals surface area contributed by atoms with E-state index in [1.165, 1.54) is 12.1 Å². The predicted molar refractivity (Wildman–Crippen MR) is 74.4 cm³/mol. The van der Waals surface area contributed by atoms with Crippen LogP contribution in [0, 0.1) is 11.2 Å². The summed E-state index contributed by atoms with van der Waals surface area (Å²) in [4.78, 5) is 12.0. The number of amides is 1. The molecule has 0 atom stereocenters. The molecule has 3 nitrogen and oxygen atoms in total. The molecule has 0 heterocycles. The summed E-state index contributed by atoms with van der Waals surface area (Å²) >= 11 is 3.16. The third kappa shape index (κ3) is 3.54. The zero-order valence-electron chi connectivity index (χ0n) is 10.6. The van der Waals surface area contributed by atoms with Gasteiger partial charge >= 0.3 is 0 Å². The molecule has 0 aliphatic heterocycles. The fourth-order valence-electron chi connectivity index (χ4n) is 2.57. The van der Waals surface area contributed by atoms with Crippen molar-refractivity contribution in [3.63, 3.8) is 0 Å². The van der Waals surface area contributed by atoms with Gasteiger partial charge in [0.1, 0.15) is 5.82 Å². The summed E-state index contributed by atoms with van der Waals surface area (Å²) in [6.07, 6.45) is 4.02. The van der Waals surface area contributed by atoms with Crippen molar-refractivity contribution in [3.8, 4) is 0 Å². The van der Waals surface area contributed by atoms with Crippen LogP contribution in [0.1, 0.15) is 36.0 Å². The second-order valence-electron chi connectivity index (χ2n) is 5.21. The van der Waals surface area contributed by atoms with E-state index in [2.05, 4.69) is 21.2 Å². The van der Waals surface area contributed by atoms with Crippen LogP contribution < -0.4 is 5.32 Å². The minimum atomic E-state index is -0.447. The van der Waals surface area contributed by atoms with Gasteiger partial charge in [-0.05, 0) is 31.0 Å². The van der Waals surface area contributed by atoms with Gasteiger partial charge in [0.2, 0.25) is 0 Å². The Bertz CT molecular complexity index is 452. The van der Waals surface area contributed by atoms with Gasteiger partial charge in [0.15, 0.2) is 0 Å². The molecule has 1 aromatic rings. The molecule has 2 rings (SSSR count). The summed E-state index contributed by atoms with van der Waals surface area (Å²) in [6.45, 7) is 0.524. The molecule has 5 heteroatoms. The molecule has 0 aromatic heterocycles. The van der Waals surface area contributed by atoms with Crippen LogP contribution in [0.3, 0.4) is 0 Å². The fraction of sp³-hybridized carbons (Fsp3) is 0.500. The number of aliphatic hydroxyl groups excluding tert-OH is 1. The van der Waals surface area contributed by atoms with Crippen LogP contribution in [-0.2, 0) is 0 Å². The number of hydrogen-bond donors (Lipinski definition) is 2. The summed E-state index contributed by atoms with van der Waals surface area (Å²) in [5, 5.41) is 12.3. The largest absolute Gasteiger partial charge is 0.396 e. The van der Waals surface area contributed by atoms with Crippen molar-refractivity contribution in [1.82, 2.24) is 5.32 Å². The Balaban J connectivity index is 2.01. The van der Waals surface area contributed by atoms with Crippen molar-refractivity contribution >= 4 is 21.8 Å². The van der Waals surface area contributed by atoms with Crippen LogP contribution in [0.4, 0.5) is 4.39 Å². The SMILES string of the molecule is O=C(NCC1(CO)CCCC1)c1cc(F)cc(Br)c1. The van der Waals surface area contributed by atoms with Gasteiger partial charge in [-0.1, -0.05) is 28.8 Å². The zero-order valence-corrected chi connectivity index (χ0v) is 12.2. The smallest absolute Gasteiger partial charge is 0.251 e. The highest BCUT2D eigenvalue weighted by Gasteiger charge is 2.33. The van der Waals surface area contributed by atoms with Crippen LogP contribution in [0.5, 0.6) is 0 Å². The highest BCUT2D eigenvalue weighted by Crippen LogP contribution is 2.36. The molecule has 1 aliphatic carbocycles. The van der Waals surface area contributed by atoms with E-state index in [9.17, 15) is 14.3 Å². The van der Waals surface area contributed by atoms with E-state index in [1.807, 2.05) is 0 Å². The minimum absolute atomic E-state index is 0.0835. The predicted octanol–water partition coefficient (Wildman–Crippen LogP) is 2.87. The summed E-state index contributed by atoms with van der Waals surface area (Å²) < 4.78 is 13.8. The average Bonchev–Trinajstić information content (AvgIpc) is 2.84. The van der Waals surface area contributed by atoms with E-state index in [4.69, 9.17) is 0 Å². The van der Waals surface area contributed by atoms with E-state index in [0.29, 0.717) is 11.0 Å². The number of benzene rings is 1. The lowest BCUT2D eigenvalue weighted by Gasteiger charge is -2.26. The van der Waals surface area contributed by atoms with E-state index in [1.54, 1.807) is 6.07 Å². The van der Waals surface area contributed by atoms with Gasteiger partial charge in [-0.15, -0.1) is 0 Å². The molecule has 1 fully saturated rings. The molecular weight excluding hydrogens is 313 g/mol. The van der Waals surface area contributed by atoms with Crippen LogP contribution in [0.15, 0.2) is 22.7 Å². The molecule has 0 saturated heterocycles. The molecule has 19 heavy (non-hydrogen) atoms. The van der Waals surface area contributed by atoms with Gasteiger partial charge in [0.05, 0.1) is 6.61 Å². The molecule has 2 N–H and O–H groups in total. The summed E-state index contributed by atoms with van der Waals surface area (Å²) in [7, 11) is 0. The zero-order chi connectivity index (χ0) is 13.9. The highest BCUT2D eigenvalue weighted by molar-refractivity contribution is 9.10. The normalized spacial score (nSPS) is 17.4. The Hall–Kier alpha value is -0.940. The van der Waals surface area contributed by atoms with Crippen molar-refractivity contribution in [2.24, 2.45) is 5.41 Å². The number of rotatable bonds is 4. The Labute approximate surface area is 120 Å². The molecule has 0 spiro atoms. The van der Waals surface area contributed by atoms with Crippen molar-refractivity contribution in [2.45, 2.75) is 25.7 Å². The molecule has 1 saturated carbocycles. The molecule has 0 unspecified atom stereocenters. The number of carbonyl (C=O) groups is 1. The Morgan fingerprint density at radius 2 is 2.05 bits per heavy atom. The average molecular weight is 330 g/mol. The summed E-state index contributed by atoms with van der Waals surface area (Å²) in [6, 6.07) is 4.10. The van der Waals surface area contributed by atoms with Crippen molar-refractivity contribution < 1.29 is 14.3 Å². The highest BCUT2D eigenvalue weighted by atomic mass is 79.9. The van der Waals surface area contributed by atoms with Crippen LogP contribution in [0.25, 0.3) is 0 Å². The minimum Gasteiger partial charge on any atom is -0.396 e. The fourth-order valence-corrected chi connectivity index (χ4v) is 3.04. The first kappa shape index (κ1) is 14.5. The Morgan fingerprint density at radius 3 is 2.63 bits per heavy atom. The van der Waals surface area contributed by atoms with Gasteiger partial charge in [-0.2, -0.15) is 0 Å².